The number of methoxy groups -OCH3 is 1. The third kappa shape index (κ3) is 2.80. The molecule has 4 aromatic rings. The summed E-state index contributed by atoms with van der Waals surface area (Å²) in [6, 6.07) is 11.1. The molecule has 3 heterocycles. The predicted octanol–water partition coefficient (Wildman–Crippen LogP) is 2.79. The number of nitrogens with zero attached hydrogens (tertiary/aromatic N) is 4. The normalized spacial score (nSPS) is 11.0. The second-order valence-corrected chi connectivity index (χ2v) is 6.27. The van der Waals surface area contributed by atoms with E-state index in [2.05, 4.69) is 15.0 Å². The molecule has 128 valence electrons. The Kier molecular flexibility index (Phi) is 4.10. The van der Waals surface area contributed by atoms with Crippen LogP contribution in [0.3, 0.4) is 0 Å². The fourth-order valence-electron chi connectivity index (χ4n) is 2.86. The van der Waals surface area contributed by atoms with Gasteiger partial charge in [-0.15, -0.1) is 0 Å². The van der Waals surface area contributed by atoms with Crippen LogP contribution in [0.25, 0.3) is 22.1 Å². The second kappa shape index (κ2) is 6.57. The van der Waals surface area contributed by atoms with Crippen molar-refractivity contribution in [3.8, 4) is 5.88 Å². The molecule has 0 aliphatic heterocycles. The predicted molar refractivity (Wildman–Crippen MR) is 99.8 cm³/mol. The zero-order valence-corrected chi connectivity index (χ0v) is 14.7. The van der Waals surface area contributed by atoms with E-state index in [0.29, 0.717) is 23.6 Å². The lowest BCUT2D eigenvalue weighted by Crippen LogP contribution is -2.01. The minimum Gasteiger partial charge on any atom is -0.481 e. The monoisotopic (exact) mass is 364 g/mol. The fraction of sp³-hybridized carbons (Fsp3) is 0.111. The van der Waals surface area contributed by atoms with Crippen LogP contribution in [0.15, 0.2) is 48.9 Å². The van der Waals surface area contributed by atoms with Crippen molar-refractivity contribution in [1.82, 2.24) is 19.5 Å². The molecule has 4 rings (SSSR count). The first-order chi connectivity index (χ1) is 12.7. The van der Waals surface area contributed by atoms with Crippen LogP contribution in [0.5, 0.6) is 5.88 Å². The van der Waals surface area contributed by atoms with Crippen molar-refractivity contribution in [3.05, 3.63) is 60.0 Å². The van der Waals surface area contributed by atoms with Crippen LogP contribution in [-0.4, -0.2) is 31.7 Å². The van der Waals surface area contributed by atoms with Crippen molar-refractivity contribution in [1.29, 1.82) is 5.41 Å². The summed E-state index contributed by atoms with van der Waals surface area (Å²) in [7, 11) is 1.58. The Bertz CT molecular complexity index is 1140. The largest absolute Gasteiger partial charge is 0.527 e. The highest BCUT2D eigenvalue weighted by molar-refractivity contribution is 7.84. The summed E-state index contributed by atoms with van der Waals surface area (Å²) in [4.78, 5) is 13.2. The molecule has 0 aliphatic carbocycles. The van der Waals surface area contributed by atoms with Gasteiger partial charge in [0.05, 0.1) is 30.7 Å². The number of imidazole rings is 1. The van der Waals surface area contributed by atoms with Gasteiger partial charge in [-0.1, -0.05) is 12.1 Å². The Morgan fingerprint density at radius 2 is 2.00 bits per heavy atom. The van der Waals surface area contributed by atoms with Crippen molar-refractivity contribution < 1.29 is 8.95 Å². The third-order valence-electron chi connectivity index (χ3n) is 4.14. The Hall–Kier alpha value is -3.26. The van der Waals surface area contributed by atoms with E-state index in [-0.39, 0.29) is 16.7 Å². The van der Waals surface area contributed by atoms with Gasteiger partial charge in [-0.05, 0) is 23.8 Å². The Balaban J connectivity index is 1.75. The first-order valence-corrected chi connectivity index (χ1v) is 8.56. The van der Waals surface area contributed by atoms with Crippen LogP contribution in [0.4, 0.5) is 0 Å². The molecule has 8 heteroatoms. The number of rotatable bonds is 4. The van der Waals surface area contributed by atoms with Gasteiger partial charge < -0.3 is 9.30 Å². The molecule has 0 fully saturated rings. The van der Waals surface area contributed by atoms with Crippen LogP contribution in [-0.2, 0) is 22.4 Å². The lowest BCUT2D eigenvalue weighted by molar-refractivity contribution is 0.399. The van der Waals surface area contributed by atoms with E-state index < -0.39 is 0 Å². The summed E-state index contributed by atoms with van der Waals surface area (Å²) in [5, 5.41) is 8.51. The summed E-state index contributed by atoms with van der Waals surface area (Å²) in [6.45, 7) is 0.611. The molecule has 0 saturated heterocycles. The number of hydrogen-bond donors (Lipinski definition) is 1. The number of hydrogen-bond acceptors (Lipinski definition) is 6. The number of benzene rings is 1. The maximum Gasteiger partial charge on any atom is 0.527 e. The third-order valence-corrected chi connectivity index (χ3v) is 4.54. The smallest absolute Gasteiger partial charge is 0.481 e. The summed E-state index contributed by atoms with van der Waals surface area (Å²) >= 11 is 0.189. The van der Waals surface area contributed by atoms with Crippen LogP contribution >= 0.6 is 0 Å². The minimum atomic E-state index is 0.0155. The molecule has 26 heavy (non-hydrogen) atoms. The first kappa shape index (κ1) is 16.2. The van der Waals surface area contributed by atoms with Crippen molar-refractivity contribution in [2.24, 2.45) is 0 Å². The van der Waals surface area contributed by atoms with E-state index in [1.807, 2.05) is 28.8 Å². The van der Waals surface area contributed by atoms with E-state index in [9.17, 15) is 4.21 Å². The molecule has 0 saturated carbocycles. The highest BCUT2D eigenvalue weighted by Crippen LogP contribution is 2.24. The zero-order chi connectivity index (χ0) is 18.1. The van der Waals surface area contributed by atoms with Gasteiger partial charge in [-0.3, -0.25) is 0 Å². The average molecular weight is 364 g/mol. The van der Waals surface area contributed by atoms with Crippen molar-refractivity contribution >= 4 is 38.8 Å². The van der Waals surface area contributed by atoms with Crippen molar-refractivity contribution in [3.63, 3.8) is 0 Å². The van der Waals surface area contributed by atoms with E-state index >= 15 is 0 Å². The van der Waals surface area contributed by atoms with E-state index in [4.69, 9.17) is 10.1 Å². The van der Waals surface area contributed by atoms with Crippen molar-refractivity contribution in [2.45, 2.75) is 6.54 Å². The quantitative estimate of drug-likeness (QED) is 0.341. The van der Waals surface area contributed by atoms with E-state index in [1.165, 1.54) is 0 Å². The van der Waals surface area contributed by atoms with Crippen LogP contribution in [0.2, 0.25) is 0 Å². The molecule has 1 N–H and O–H groups in total. The van der Waals surface area contributed by atoms with Gasteiger partial charge >= 0.3 is 16.7 Å². The number of ether oxygens (including phenoxy) is 1. The maximum absolute atomic E-state index is 10.7. The molecule has 0 bridgehead atoms. The molecular formula is C18H14N5O2S+. The summed E-state index contributed by atoms with van der Waals surface area (Å²) in [5.74, 6) is 0.518. The van der Waals surface area contributed by atoms with Crippen LogP contribution in [0, 0.1) is 5.41 Å². The van der Waals surface area contributed by atoms with Gasteiger partial charge in [-0.25, -0.2) is 15.4 Å². The van der Waals surface area contributed by atoms with Gasteiger partial charge in [0, 0.05) is 22.2 Å². The molecule has 1 aromatic carbocycles. The SMILES string of the molecule is COc1ccc2c(ncc3ncn(Cc4ccc(C(=N)[S+]=O)cc4)c32)n1. The van der Waals surface area contributed by atoms with Gasteiger partial charge in [0.2, 0.25) is 5.88 Å². The lowest BCUT2D eigenvalue weighted by atomic mass is 10.1. The summed E-state index contributed by atoms with van der Waals surface area (Å²) in [5.41, 5.74) is 4.02. The molecule has 3 aromatic heterocycles. The van der Waals surface area contributed by atoms with Crippen LogP contribution in [0.1, 0.15) is 11.1 Å². The molecule has 0 atom stereocenters. The highest BCUT2D eigenvalue weighted by Gasteiger charge is 2.15. The number of fused-ring (bicyclic) bond motifs is 3. The maximum atomic E-state index is 10.7. The Morgan fingerprint density at radius 3 is 2.73 bits per heavy atom. The molecule has 0 aliphatic rings. The van der Waals surface area contributed by atoms with Gasteiger partial charge in [0.1, 0.15) is 5.52 Å². The first-order valence-electron chi connectivity index (χ1n) is 7.82. The van der Waals surface area contributed by atoms with Crippen LogP contribution < -0.4 is 4.74 Å². The van der Waals surface area contributed by atoms with E-state index in [1.54, 1.807) is 31.8 Å². The standard InChI is InChI=1S/C18H14N5O2S/c1-25-15-7-6-13-16-14(8-20-18(13)22-15)21-10-23(16)9-11-2-4-12(5-3-11)17(19)26-24/h2-8,10,19H,9H2,1H3/q+1. The molecule has 7 nitrogen and oxygen atoms in total. The fourth-order valence-corrected chi connectivity index (χ4v) is 3.09. The topological polar surface area (TPSA) is 93.8 Å². The number of pyridine rings is 2. The lowest BCUT2D eigenvalue weighted by Gasteiger charge is -2.07. The van der Waals surface area contributed by atoms with Gasteiger partial charge in [-0.2, -0.15) is 4.98 Å². The van der Waals surface area contributed by atoms with E-state index in [0.717, 1.165) is 22.0 Å². The van der Waals surface area contributed by atoms with Crippen molar-refractivity contribution in [2.75, 3.05) is 7.11 Å². The number of nitrogens with one attached hydrogen (secondary N) is 1. The summed E-state index contributed by atoms with van der Waals surface area (Å²) < 4.78 is 18.0. The van der Waals surface area contributed by atoms with Gasteiger partial charge in [0.15, 0.2) is 5.65 Å². The zero-order valence-electron chi connectivity index (χ0n) is 13.8. The molecule has 0 radical (unpaired) electrons. The second-order valence-electron chi connectivity index (χ2n) is 5.70. The summed E-state index contributed by atoms with van der Waals surface area (Å²) in [6.07, 6.45) is 3.48. The molecular weight excluding hydrogens is 350 g/mol. The molecule has 0 unspecified atom stereocenters. The molecule has 0 spiro atoms. The average Bonchev–Trinajstić information content (AvgIpc) is 3.10. The number of aromatic nitrogens is 4. The Labute approximate surface area is 152 Å². The minimum absolute atomic E-state index is 0.0155. The van der Waals surface area contributed by atoms with Gasteiger partial charge in [0.25, 0.3) is 0 Å². The Morgan fingerprint density at radius 1 is 1.19 bits per heavy atom. The highest BCUT2D eigenvalue weighted by atomic mass is 32.1. The molecule has 0 amide bonds.